The van der Waals surface area contributed by atoms with Crippen molar-refractivity contribution in [2.45, 2.75) is 30.7 Å². The number of carbonyl (C=O) groups excluding carboxylic acids is 3. The highest BCUT2D eigenvalue weighted by Crippen LogP contribution is 2.35. The van der Waals surface area contributed by atoms with Gasteiger partial charge < -0.3 is 18.9 Å². The Morgan fingerprint density at radius 2 is 1.20 bits per heavy atom. The van der Waals surface area contributed by atoms with Gasteiger partial charge in [0.1, 0.15) is 18.3 Å². The standard InChI is InChI=1S/C31H23F3N2O9/c32-31(33,34)21-16-36(30(41)35-25(21)37)26-24(45-29(40)20-14-8-3-9-15-20)23(44-28(39)19-12-6-2-7-13-19)22(43-26)17-42-27(38)18-10-4-1-5-11-18/h1-16,22-24,26H,17H2,(H,35,37,41)/t22-,23-,24-,26-/m1/s1. The second-order valence-corrected chi connectivity index (χ2v) is 9.71. The van der Waals surface area contributed by atoms with E-state index in [9.17, 15) is 37.1 Å². The Bertz CT molecular complexity index is 1790. The van der Waals surface area contributed by atoms with Crippen molar-refractivity contribution in [3.8, 4) is 0 Å². The smallest absolute Gasteiger partial charge is 0.423 e. The van der Waals surface area contributed by atoms with E-state index in [4.69, 9.17) is 18.9 Å². The molecule has 232 valence electrons. The Balaban J connectivity index is 1.56. The number of alkyl halides is 3. The first-order chi connectivity index (χ1) is 21.5. The minimum atomic E-state index is -5.18. The molecular weight excluding hydrogens is 601 g/mol. The Labute approximate surface area is 251 Å². The molecule has 5 rings (SSSR count). The topological polar surface area (TPSA) is 143 Å². The number of nitrogens with zero attached hydrogens (tertiary/aromatic N) is 1. The van der Waals surface area contributed by atoms with Crippen LogP contribution in [0.1, 0.15) is 42.9 Å². The summed E-state index contributed by atoms with van der Waals surface area (Å²) in [6.45, 7) is -0.638. The molecule has 4 aromatic rings. The molecule has 2 heterocycles. The van der Waals surface area contributed by atoms with E-state index in [1.807, 2.05) is 0 Å². The number of hydrogen-bond acceptors (Lipinski definition) is 9. The summed E-state index contributed by atoms with van der Waals surface area (Å²) in [4.78, 5) is 65.5. The fraction of sp³-hybridized carbons (Fsp3) is 0.194. The minimum absolute atomic E-state index is 0.0214. The lowest BCUT2D eigenvalue weighted by molar-refractivity contribution is -0.140. The summed E-state index contributed by atoms with van der Waals surface area (Å²) >= 11 is 0. The van der Waals surface area contributed by atoms with Crippen LogP contribution in [-0.4, -0.2) is 52.4 Å². The minimum Gasteiger partial charge on any atom is -0.459 e. The third-order valence-electron chi connectivity index (χ3n) is 6.73. The number of rotatable bonds is 8. The Hall–Kier alpha value is -5.50. The second-order valence-electron chi connectivity index (χ2n) is 9.71. The molecule has 4 atom stereocenters. The zero-order chi connectivity index (χ0) is 32.1. The van der Waals surface area contributed by atoms with Crippen molar-refractivity contribution < 1.29 is 46.5 Å². The van der Waals surface area contributed by atoms with E-state index in [0.717, 1.165) is 0 Å². The van der Waals surface area contributed by atoms with Gasteiger partial charge in [-0.3, -0.25) is 14.3 Å². The van der Waals surface area contributed by atoms with E-state index in [-0.39, 0.29) is 22.9 Å². The van der Waals surface area contributed by atoms with Gasteiger partial charge in [-0.15, -0.1) is 0 Å². The monoisotopic (exact) mass is 624 g/mol. The first kappa shape index (κ1) is 30.9. The lowest BCUT2D eigenvalue weighted by Crippen LogP contribution is -2.43. The summed E-state index contributed by atoms with van der Waals surface area (Å²) in [7, 11) is 0. The van der Waals surface area contributed by atoms with Crippen LogP contribution in [0, 0.1) is 0 Å². The number of nitrogens with one attached hydrogen (secondary N) is 1. The van der Waals surface area contributed by atoms with Gasteiger partial charge in [-0.2, -0.15) is 13.2 Å². The first-order valence-corrected chi connectivity index (χ1v) is 13.4. The lowest BCUT2D eigenvalue weighted by atomic mass is 10.1. The van der Waals surface area contributed by atoms with Crippen LogP contribution >= 0.6 is 0 Å². The highest BCUT2D eigenvalue weighted by Gasteiger charge is 2.52. The number of aromatic amines is 1. The van der Waals surface area contributed by atoms with Crippen LogP contribution < -0.4 is 11.2 Å². The maximum Gasteiger partial charge on any atom is 0.423 e. The highest BCUT2D eigenvalue weighted by atomic mass is 19.4. The number of carbonyl (C=O) groups is 3. The molecule has 3 aromatic carbocycles. The zero-order valence-corrected chi connectivity index (χ0v) is 23.0. The number of benzene rings is 3. The summed E-state index contributed by atoms with van der Waals surface area (Å²) in [5.41, 5.74) is -4.55. The Morgan fingerprint density at radius 3 is 1.69 bits per heavy atom. The van der Waals surface area contributed by atoms with E-state index in [1.165, 1.54) is 48.5 Å². The molecule has 1 saturated heterocycles. The summed E-state index contributed by atoms with van der Waals surface area (Å²) in [6, 6.07) is 22.8. The first-order valence-electron chi connectivity index (χ1n) is 13.4. The van der Waals surface area contributed by atoms with Crippen molar-refractivity contribution in [2.24, 2.45) is 0 Å². The molecule has 1 aliphatic heterocycles. The van der Waals surface area contributed by atoms with Crippen LogP contribution in [0.5, 0.6) is 0 Å². The number of halogens is 3. The van der Waals surface area contributed by atoms with Gasteiger partial charge in [-0.05, 0) is 36.4 Å². The molecule has 0 radical (unpaired) electrons. The molecule has 45 heavy (non-hydrogen) atoms. The number of aromatic nitrogens is 2. The van der Waals surface area contributed by atoms with Crippen LogP contribution in [0.25, 0.3) is 0 Å². The van der Waals surface area contributed by atoms with E-state index >= 15 is 0 Å². The fourth-order valence-corrected chi connectivity index (χ4v) is 4.56. The second kappa shape index (κ2) is 13.0. The Kier molecular flexibility index (Phi) is 8.95. The van der Waals surface area contributed by atoms with Crippen molar-refractivity contribution >= 4 is 17.9 Å². The summed E-state index contributed by atoms with van der Waals surface area (Å²) in [5, 5.41) is 0. The van der Waals surface area contributed by atoms with Gasteiger partial charge in [0.25, 0.3) is 5.56 Å². The van der Waals surface area contributed by atoms with Crippen molar-refractivity contribution in [3.05, 3.63) is 140 Å². The third-order valence-corrected chi connectivity index (χ3v) is 6.73. The number of ether oxygens (including phenoxy) is 4. The largest absolute Gasteiger partial charge is 0.459 e. The molecule has 0 bridgehead atoms. The number of H-pyrrole nitrogens is 1. The van der Waals surface area contributed by atoms with Crippen molar-refractivity contribution in [1.82, 2.24) is 9.55 Å². The quantitative estimate of drug-likeness (QED) is 0.229. The van der Waals surface area contributed by atoms with Crippen LogP contribution in [0.2, 0.25) is 0 Å². The highest BCUT2D eigenvalue weighted by molar-refractivity contribution is 5.91. The molecule has 1 N–H and O–H groups in total. The van der Waals surface area contributed by atoms with Gasteiger partial charge in [0.15, 0.2) is 18.4 Å². The molecule has 1 aliphatic rings. The molecule has 0 spiro atoms. The average molecular weight is 625 g/mol. The van der Waals surface area contributed by atoms with Crippen LogP contribution in [0.4, 0.5) is 13.2 Å². The maximum absolute atomic E-state index is 13.7. The predicted octanol–water partition coefficient (Wildman–Crippen LogP) is 3.76. The summed E-state index contributed by atoms with van der Waals surface area (Å²) in [5.74, 6) is -2.74. The fourth-order valence-electron chi connectivity index (χ4n) is 4.56. The molecule has 0 aliphatic carbocycles. The normalized spacial score (nSPS) is 19.4. The maximum atomic E-state index is 13.7. The SMILES string of the molecule is O=C(OC[C@H]1O[C@@H](n2cc(C(F)(F)F)c(=O)[nH]c2=O)[C@H](OC(=O)c2ccccc2)[C@@H]1OC(=O)c1ccccc1)c1ccccc1. The van der Waals surface area contributed by atoms with Gasteiger partial charge in [0.2, 0.25) is 0 Å². The van der Waals surface area contributed by atoms with Gasteiger partial charge in [0, 0.05) is 6.20 Å². The molecule has 14 heteroatoms. The molecule has 0 amide bonds. The lowest BCUT2D eigenvalue weighted by Gasteiger charge is -2.25. The molecule has 11 nitrogen and oxygen atoms in total. The van der Waals surface area contributed by atoms with Crippen molar-refractivity contribution in [3.63, 3.8) is 0 Å². The molecular formula is C31H23F3N2O9. The van der Waals surface area contributed by atoms with E-state index in [0.29, 0.717) is 4.57 Å². The molecule has 0 unspecified atom stereocenters. The van der Waals surface area contributed by atoms with Gasteiger partial charge in [-0.25, -0.2) is 19.2 Å². The van der Waals surface area contributed by atoms with Gasteiger partial charge >= 0.3 is 29.8 Å². The summed E-state index contributed by atoms with van der Waals surface area (Å²) in [6.07, 6.45) is -11.7. The number of esters is 3. The molecule has 1 fully saturated rings. The molecule has 0 saturated carbocycles. The van der Waals surface area contributed by atoms with Crippen molar-refractivity contribution in [2.75, 3.05) is 6.61 Å². The average Bonchev–Trinajstić information content (AvgIpc) is 3.36. The van der Waals surface area contributed by atoms with Gasteiger partial charge in [0.05, 0.1) is 16.7 Å². The van der Waals surface area contributed by atoms with E-state index in [2.05, 4.69) is 0 Å². The van der Waals surface area contributed by atoms with E-state index < -0.39 is 72.0 Å². The zero-order valence-electron chi connectivity index (χ0n) is 23.0. The van der Waals surface area contributed by atoms with Crippen LogP contribution in [-0.2, 0) is 25.1 Å². The van der Waals surface area contributed by atoms with Gasteiger partial charge in [-0.1, -0.05) is 54.6 Å². The number of hydrogen-bond donors (Lipinski definition) is 1. The predicted molar refractivity (Wildman–Crippen MR) is 148 cm³/mol. The van der Waals surface area contributed by atoms with Crippen molar-refractivity contribution in [1.29, 1.82) is 0 Å². The molecule has 1 aromatic heterocycles. The third kappa shape index (κ3) is 7.02. The van der Waals surface area contributed by atoms with Crippen LogP contribution in [0.3, 0.4) is 0 Å². The van der Waals surface area contributed by atoms with Crippen LogP contribution in [0.15, 0.2) is 107 Å². The Morgan fingerprint density at radius 1 is 0.733 bits per heavy atom. The van der Waals surface area contributed by atoms with E-state index in [1.54, 1.807) is 47.4 Å². The summed E-state index contributed by atoms with van der Waals surface area (Å²) < 4.78 is 63.9.